The number of para-hydroxylation sites is 2. The van der Waals surface area contributed by atoms with Crippen molar-refractivity contribution in [3.63, 3.8) is 0 Å². The Bertz CT molecular complexity index is 1370. The predicted molar refractivity (Wildman–Crippen MR) is 134 cm³/mol. The zero-order valence-corrected chi connectivity index (χ0v) is 20.0. The number of hydrogen-bond acceptors (Lipinski definition) is 8. The predicted octanol–water partition coefficient (Wildman–Crippen LogP) is 5.12. The van der Waals surface area contributed by atoms with E-state index in [1.54, 1.807) is 12.1 Å². The van der Waals surface area contributed by atoms with Crippen molar-refractivity contribution in [3.05, 3.63) is 77.0 Å². The highest BCUT2D eigenvalue weighted by atomic mass is 16.7. The van der Waals surface area contributed by atoms with Crippen molar-refractivity contribution in [3.8, 4) is 28.7 Å². The Kier molecular flexibility index (Phi) is 5.36. The third-order valence-corrected chi connectivity index (χ3v) is 7.01. The molecule has 0 bridgehead atoms. The van der Waals surface area contributed by atoms with Gasteiger partial charge in [-0.1, -0.05) is 18.2 Å². The number of carbonyl (C=O) groups is 1. The molecule has 0 unspecified atom stereocenters. The summed E-state index contributed by atoms with van der Waals surface area (Å²) in [7, 11) is 2.98. The number of fused-ring (bicyclic) bond motifs is 2. The lowest BCUT2D eigenvalue weighted by atomic mass is 9.78. The Morgan fingerprint density at radius 3 is 2.36 bits per heavy atom. The molecule has 0 saturated carbocycles. The second kappa shape index (κ2) is 8.71. The van der Waals surface area contributed by atoms with Crippen molar-refractivity contribution in [1.29, 1.82) is 0 Å². The quantitative estimate of drug-likeness (QED) is 0.468. The van der Waals surface area contributed by atoms with Crippen LogP contribution in [0.3, 0.4) is 0 Å². The van der Waals surface area contributed by atoms with Gasteiger partial charge in [0, 0.05) is 17.7 Å². The Hall–Kier alpha value is -4.33. The first-order chi connectivity index (χ1) is 17.6. The van der Waals surface area contributed by atoms with Crippen LogP contribution in [0.1, 0.15) is 35.9 Å². The van der Waals surface area contributed by atoms with Gasteiger partial charge in [0.25, 0.3) is 0 Å². The van der Waals surface area contributed by atoms with Crippen LogP contribution in [0.15, 0.2) is 65.9 Å². The molecule has 2 heterocycles. The molecular formula is C28H26N2O6. The smallest absolute Gasteiger partial charge is 0.231 e. The Balaban J connectivity index is 1.46. The van der Waals surface area contributed by atoms with Crippen LogP contribution in [0.5, 0.6) is 28.7 Å². The van der Waals surface area contributed by atoms with Crippen molar-refractivity contribution in [1.82, 2.24) is 0 Å². The summed E-state index contributed by atoms with van der Waals surface area (Å²) >= 11 is 0. The van der Waals surface area contributed by atoms with E-state index in [4.69, 9.17) is 18.9 Å². The van der Waals surface area contributed by atoms with Gasteiger partial charge in [-0.25, -0.2) is 0 Å². The van der Waals surface area contributed by atoms with Gasteiger partial charge in [0.05, 0.1) is 31.6 Å². The Morgan fingerprint density at radius 2 is 1.61 bits per heavy atom. The van der Waals surface area contributed by atoms with Gasteiger partial charge in [-0.05, 0) is 59.9 Å². The molecule has 3 N–H and O–H groups in total. The minimum absolute atomic E-state index is 0.00643. The van der Waals surface area contributed by atoms with Crippen LogP contribution in [-0.4, -0.2) is 31.9 Å². The zero-order chi connectivity index (χ0) is 24.8. The molecule has 36 heavy (non-hydrogen) atoms. The highest BCUT2D eigenvalue weighted by Gasteiger charge is 2.37. The van der Waals surface area contributed by atoms with Crippen LogP contribution in [-0.2, 0) is 4.79 Å². The second-order valence-electron chi connectivity index (χ2n) is 9.06. The minimum atomic E-state index is -0.468. The molecule has 3 aromatic rings. The topological polar surface area (TPSA) is 98.3 Å². The third-order valence-electron chi connectivity index (χ3n) is 7.01. The monoisotopic (exact) mass is 486 g/mol. The van der Waals surface area contributed by atoms with Crippen molar-refractivity contribution in [2.45, 2.75) is 24.8 Å². The van der Waals surface area contributed by atoms with Crippen LogP contribution >= 0.6 is 0 Å². The fraction of sp³-hybridized carbons (Fsp3) is 0.250. The van der Waals surface area contributed by atoms with Crippen LogP contribution < -0.4 is 29.6 Å². The van der Waals surface area contributed by atoms with Crippen molar-refractivity contribution in [2.24, 2.45) is 0 Å². The summed E-state index contributed by atoms with van der Waals surface area (Å²) in [5.41, 5.74) is 5.08. The van der Waals surface area contributed by atoms with E-state index in [2.05, 4.69) is 10.6 Å². The van der Waals surface area contributed by atoms with E-state index in [0.717, 1.165) is 33.9 Å². The molecule has 0 fully saturated rings. The summed E-state index contributed by atoms with van der Waals surface area (Å²) in [4.78, 5) is 13.8. The van der Waals surface area contributed by atoms with Gasteiger partial charge in [0.15, 0.2) is 28.8 Å². The normalized spacial score (nSPS) is 20.0. The molecule has 0 saturated heterocycles. The van der Waals surface area contributed by atoms with Gasteiger partial charge in [-0.15, -0.1) is 0 Å². The molecule has 0 amide bonds. The maximum Gasteiger partial charge on any atom is 0.231 e. The number of methoxy groups -OCH3 is 2. The molecule has 3 aliphatic rings. The van der Waals surface area contributed by atoms with E-state index in [1.807, 2.05) is 42.5 Å². The number of hydrogen-bond donors (Lipinski definition) is 3. The molecule has 3 aromatic carbocycles. The Labute approximate surface area is 208 Å². The minimum Gasteiger partial charge on any atom is -0.502 e. The molecule has 2 atom stereocenters. The number of ketones is 1. The number of aromatic hydroxyl groups is 1. The summed E-state index contributed by atoms with van der Waals surface area (Å²) in [6, 6.07) is 16.8. The van der Waals surface area contributed by atoms with Gasteiger partial charge in [-0.2, -0.15) is 0 Å². The summed E-state index contributed by atoms with van der Waals surface area (Å²) in [5.74, 6) is 1.95. The number of Topliss-reactive ketones (excluding diaryl/α,β-unsaturated/α-hetero) is 1. The largest absolute Gasteiger partial charge is 0.502 e. The number of nitrogens with one attached hydrogen (secondary N) is 2. The zero-order valence-electron chi connectivity index (χ0n) is 20.0. The lowest BCUT2D eigenvalue weighted by molar-refractivity contribution is -0.116. The molecule has 0 radical (unpaired) electrons. The summed E-state index contributed by atoms with van der Waals surface area (Å²) in [5, 5.41) is 17.5. The number of rotatable bonds is 4. The van der Waals surface area contributed by atoms with Gasteiger partial charge < -0.3 is 34.7 Å². The summed E-state index contributed by atoms with van der Waals surface area (Å²) in [6.45, 7) is 0.211. The standard InChI is InChI=1S/C28H26N2O6/c1-33-24-12-17(13-25(34-2)28(24)32)27-26-20(29-18-5-3-4-6-19(18)30-27)9-16(10-21(26)31)15-7-8-22-23(11-15)36-14-35-22/h3-8,11-13,16,27,29-30,32H,9-10,14H2,1-2H3/t16-,27-/m1/s1. The van der Waals surface area contributed by atoms with Gasteiger partial charge in [-0.3, -0.25) is 4.79 Å². The first-order valence-electron chi connectivity index (χ1n) is 11.8. The van der Waals surface area contributed by atoms with Crippen molar-refractivity contribution >= 4 is 17.2 Å². The number of carbonyl (C=O) groups excluding carboxylic acids is 1. The maximum atomic E-state index is 13.8. The first kappa shape index (κ1) is 22.2. The number of allylic oxidation sites excluding steroid dienone is 1. The van der Waals surface area contributed by atoms with E-state index in [1.165, 1.54) is 14.2 Å². The summed E-state index contributed by atoms with van der Waals surface area (Å²) < 4.78 is 21.8. The van der Waals surface area contributed by atoms with Gasteiger partial charge in [0.1, 0.15) is 0 Å². The molecule has 1 aliphatic carbocycles. The number of ether oxygens (including phenoxy) is 4. The molecule has 0 aromatic heterocycles. The van der Waals surface area contributed by atoms with E-state index in [-0.39, 0.29) is 35.7 Å². The van der Waals surface area contributed by atoms with E-state index in [9.17, 15) is 9.90 Å². The molecule has 6 rings (SSSR count). The second-order valence-corrected chi connectivity index (χ2v) is 9.06. The molecule has 184 valence electrons. The van der Waals surface area contributed by atoms with Crippen LogP contribution in [0.25, 0.3) is 0 Å². The average Bonchev–Trinajstić information content (AvgIpc) is 3.29. The van der Waals surface area contributed by atoms with Crippen LogP contribution in [0.4, 0.5) is 11.4 Å². The molecule has 8 heteroatoms. The lowest BCUT2D eigenvalue weighted by Crippen LogP contribution is -2.27. The number of anilines is 2. The molecule has 2 aliphatic heterocycles. The average molecular weight is 487 g/mol. The summed E-state index contributed by atoms with van der Waals surface area (Å²) in [6.07, 6.45) is 1.01. The van der Waals surface area contributed by atoms with Crippen LogP contribution in [0, 0.1) is 0 Å². The maximum absolute atomic E-state index is 13.8. The SMILES string of the molecule is COc1cc([C@H]2Nc3ccccc3NC3=C2C(=O)C[C@H](c2ccc4c(c2)OCO4)C3)cc(OC)c1O. The molecule has 8 nitrogen and oxygen atoms in total. The van der Waals surface area contributed by atoms with Gasteiger partial charge >= 0.3 is 0 Å². The van der Waals surface area contributed by atoms with E-state index >= 15 is 0 Å². The molecule has 0 spiro atoms. The number of benzene rings is 3. The Morgan fingerprint density at radius 1 is 0.889 bits per heavy atom. The fourth-order valence-corrected chi connectivity index (χ4v) is 5.23. The fourth-order valence-electron chi connectivity index (χ4n) is 5.23. The highest BCUT2D eigenvalue weighted by Crippen LogP contribution is 2.47. The third kappa shape index (κ3) is 3.66. The number of phenols is 1. The van der Waals surface area contributed by atoms with Crippen molar-refractivity contribution in [2.75, 3.05) is 31.6 Å². The number of phenolic OH excluding ortho intramolecular Hbond substituents is 1. The molecular weight excluding hydrogens is 460 g/mol. The van der Waals surface area contributed by atoms with Crippen molar-refractivity contribution < 1.29 is 28.8 Å². The lowest BCUT2D eigenvalue weighted by Gasteiger charge is -2.30. The highest BCUT2D eigenvalue weighted by molar-refractivity contribution is 6.01. The van der Waals surface area contributed by atoms with Gasteiger partial charge in [0.2, 0.25) is 12.5 Å². The van der Waals surface area contributed by atoms with E-state index < -0.39 is 6.04 Å². The first-order valence-corrected chi connectivity index (χ1v) is 11.8. The van der Waals surface area contributed by atoms with E-state index in [0.29, 0.717) is 24.2 Å². The van der Waals surface area contributed by atoms with Crippen LogP contribution in [0.2, 0.25) is 0 Å².